The van der Waals surface area contributed by atoms with E-state index in [9.17, 15) is 13.2 Å². The van der Waals surface area contributed by atoms with Crippen molar-refractivity contribution in [2.45, 2.75) is 77.4 Å². The number of amides is 1. The minimum absolute atomic E-state index is 0.0300. The molecule has 8 heteroatoms. The maximum atomic E-state index is 13.6. The summed E-state index contributed by atoms with van der Waals surface area (Å²) in [7, 11) is -3.89. The summed E-state index contributed by atoms with van der Waals surface area (Å²) in [6.07, 6.45) is 1.74. The molecule has 0 saturated carbocycles. The van der Waals surface area contributed by atoms with E-state index < -0.39 is 16.1 Å². The average Bonchev–Trinajstić information content (AvgIpc) is 2.90. The topological polar surface area (TPSA) is 96.5 Å². The molecule has 7 nitrogen and oxygen atoms in total. The van der Waals surface area contributed by atoms with Crippen LogP contribution in [0.3, 0.4) is 0 Å². The summed E-state index contributed by atoms with van der Waals surface area (Å²) in [4.78, 5) is 13.7. The molecule has 0 spiro atoms. The van der Waals surface area contributed by atoms with E-state index >= 15 is 0 Å². The zero-order valence-corrected chi connectivity index (χ0v) is 25.6. The molecule has 220 valence electrons. The van der Waals surface area contributed by atoms with Gasteiger partial charge < -0.3 is 15.4 Å². The second-order valence-electron chi connectivity index (χ2n) is 11.5. The van der Waals surface area contributed by atoms with Crippen molar-refractivity contribution in [3.63, 3.8) is 0 Å². The van der Waals surface area contributed by atoms with E-state index in [1.165, 1.54) is 0 Å². The highest BCUT2D eigenvalue weighted by molar-refractivity contribution is 7.89. The molecule has 0 fully saturated rings. The average molecular weight is 578 g/mol. The highest BCUT2D eigenvalue weighted by Crippen LogP contribution is 2.33. The number of rotatable bonds is 12. The Morgan fingerprint density at radius 1 is 1.00 bits per heavy atom. The lowest BCUT2D eigenvalue weighted by Crippen LogP contribution is -2.37. The third-order valence-electron chi connectivity index (χ3n) is 7.44. The molecule has 0 saturated heterocycles. The van der Waals surface area contributed by atoms with Gasteiger partial charge in [0.2, 0.25) is 15.9 Å². The summed E-state index contributed by atoms with van der Waals surface area (Å²) >= 11 is 0. The number of sulfonamides is 1. The largest absolute Gasteiger partial charge is 0.493 e. The van der Waals surface area contributed by atoms with E-state index in [1.54, 1.807) is 13.8 Å². The molecule has 4 rings (SSSR count). The van der Waals surface area contributed by atoms with Crippen LogP contribution in [0.2, 0.25) is 0 Å². The lowest BCUT2D eigenvalue weighted by atomic mass is 9.98. The Hall–Kier alpha value is -3.20. The van der Waals surface area contributed by atoms with Crippen molar-refractivity contribution in [1.29, 1.82) is 0 Å². The van der Waals surface area contributed by atoms with Crippen molar-refractivity contribution in [2.24, 2.45) is 5.92 Å². The predicted molar refractivity (Wildman–Crippen MR) is 163 cm³/mol. The fourth-order valence-corrected chi connectivity index (χ4v) is 7.18. The molecule has 0 bridgehead atoms. The summed E-state index contributed by atoms with van der Waals surface area (Å²) in [6, 6.07) is 18.2. The van der Waals surface area contributed by atoms with E-state index in [2.05, 4.69) is 35.3 Å². The fraction of sp³-hybridized carbons (Fsp3) is 0.424. The second-order valence-corrected chi connectivity index (χ2v) is 13.2. The molecule has 41 heavy (non-hydrogen) atoms. The quantitative estimate of drug-likeness (QED) is 0.237. The molecular formula is C33H43N3O4S. The molecule has 3 aromatic carbocycles. The Morgan fingerprint density at radius 2 is 1.71 bits per heavy atom. The van der Waals surface area contributed by atoms with Crippen molar-refractivity contribution in [2.75, 3.05) is 13.2 Å². The first-order valence-corrected chi connectivity index (χ1v) is 15.9. The Labute approximate surface area is 245 Å². The van der Waals surface area contributed by atoms with Gasteiger partial charge in [0.1, 0.15) is 5.75 Å². The van der Waals surface area contributed by atoms with E-state index in [1.807, 2.05) is 61.5 Å². The van der Waals surface area contributed by atoms with E-state index in [0.717, 1.165) is 47.5 Å². The normalized spacial score (nSPS) is 15.7. The lowest BCUT2D eigenvalue weighted by molar-refractivity contribution is -0.122. The van der Waals surface area contributed by atoms with Crippen LogP contribution in [-0.4, -0.2) is 27.5 Å². The zero-order chi connectivity index (χ0) is 29.6. The third kappa shape index (κ3) is 8.18. The van der Waals surface area contributed by atoms with Crippen LogP contribution in [0.5, 0.6) is 5.75 Å². The van der Waals surface area contributed by atoms with Gasteiger partial charge in [-0.15, -0.1) is 0 Å². The molecule has 0 radical (unpaired) electrons. The number of benzene rings is 3. The molecule has 0 aliphatic carbocycles. The summed E-state index contributed by atoms with van der Waals surface area (Å²) < 4.78 is 36.0. The maximum absolute atomic E-state index is 13.6. The van der Waals surface area contributed by atoms with Gasteiger partial charge in [0.25, 0.3) is 0 Å². The van der Waals surface area contributed by atoms with Crippen LogP contribution in [0.15, 0.2) is 65.6 Å². The van der Waals surface area contributed by atoms with Crippen LogP contribution in [0, 0.1) is 26.7 Å². The van der Waals surface area contributed by atoms with Crippen molar-refractivity contribution < 1.29 is 17.9 Å². The van der Waals surface area contributed by atoms with E-state index in [-0.39, 0.29) is 23.3 Å². The van der Waals surface area contributed by atoms with Gasteiger partial charge in [-0.25, -0.2) is 13.1 Å². The summed E-state index contributed by atoms with van der Waals surface area (Å²) in [5, 5.41) is 6.62. The number of hydrogen-bond donors (Lipinski definition) is 3. The molecule has 2 atom stereocenters. The first-order valence-electron chi connectivity index (χ1n) is 14.4. The number of fused-ring (bicyclic) bond motifs is 1. The molecule has 1 aliphatic rings. The molecule has 3 N–H and O–H groups in total. The zero-order valence-electron chi connectivity index (χ0n) is 24.8. The van der Waals surface area contributed by atoms with Crippen molar-refractivity contribution >= 4 is 15.9 Å². The Kier molecular flexibility index (Phi) is 10.2. The van der Waals surface area contributed by atoms with Crippen LogP contribution in [-0.2, 0) is 21.4 Å². The number of carbonyl (C=O) groups excluding carboxylic acids is 1. The smallest absolute Gasteiger partial charge is 0.241 e. The van der Waals surface area contributed by atoms with Crippen LogP contribution in [0.25, 0.3) is 0 Å². The molecule has 1 amide bonds. The van der Waals surface area contributed by atoms with Gasteiger partial charge in [0.15, 0.2) is 0 Å². The molecule has 3 aromatic rings. The summed E-state index contributed by atoms with van der Waals surface area (Å²) in [5.41, 5.74) is 5.18. The number of nitrogens with one attached hydrogen (secondary N) is 3. The van der Waals surface area contributed by atoms with Gasteiger partial charge in [-0.2, -0.15) is 0 Å². The molecule has 0 aromatic heterocycles. The number of ether oxygens (including phenoxy) is 1. The minimum Gasteiger partial charge on any atom is -0.493 e. The Bertz CT molecular complexity index is 1430. The van der Waals surface area contributed by atoms with Crippen LogP contribution < -0.4 is 20.1 Å². The van der Waals surface area contributed by atoms with Crippen LogP contribution in [0.4, 0.5) is 0 Å². The molecule has 1 heterocycles. The van der Waals surface area contributed by atoms with Crippen LogP contribution >= 0.6 is 0 Å². The van der Waals surface area contributed by atoms with Gasteiger partial charge in [-0.3, -0.25) is 4.79 Å². The SMILES string of the molecule is Cc1cc(C)c(S(=O)(=O)NC(CC(=O)NC2CCOc3cc(CNCCC(C)C)ccc32)c2ccccc2)c(C)c1. The van der Waals surface area contributed by atoms with Crippen LogP contribution in [0.1, 0.15) is 78.6 Å². The fourth-order valence-electron chi connectivity index (χ4n) is 5.51. The van der Waals surface area contributed by atoms with Gasteiger partial charge in [0, 0.05) is 24.9 Å². The number of hydrogen-bond acceptors (Lipinski definition) is 5. The Morgan fingerprint density at radius 3 is 2.39 bits per heavy atom. The second kappa shape index (κ2) is 13.6. The van der Waals surface area contributed by atoms with Crippen molar-refractivity contribution in [1.82, 2.24) is 15.4 Å². The van der Waals surface area contributed by atoms with E-state index in [4.69, 9.17) is 4.74 Å². The molecular weight excluding hydrogens is 534 g/mol. The minimum atomic E-state index is -3.89. The van der Waals surface area contributed by atoms with Gasteiger partial charge >= 0.3 is 0 Å². The highest BCUT2D eigenvalue weighted by atomic mass is 32.2. The summed E-state index contributed by atoms with van der Waals surface area (Å²) in [5.74, 6) is 1.22. The predicted octanol–water partition coefficient (Wildman–Crippen LogP) is 5.80. The van der Waals surface area contributed by atoms with Crippen molar-refractivity contribution in [3.05, 3.63) is 94.0 Å². The van der Waals surface area contributed by atoms with Crippen molar-refractivity contribution in [3.8, 4) is 5.75 Å². The monoisotopic (exact) mass is 577 g/mol. The molecule has 2 unspecified atom stereocenters. The first-order chi connectivity index (χ1) is 19.5. The number of aryl methyl sites for hydroxylation is 3. The van der Waals surface area contributed by atoms with Gasteiger partial charge in [-0.1, -0.05) is 74.0 Å². The maximum Gasteiger partial charge on any atom is 0.241 e. The third-order valence-corrected chi connectivity index (χ3v) is 9.22. The van der Waals surface area contributed by atoms with E-state index in [0.29, 0.717) is 30.1 Å². The Balaban J connectivity index is 1.48. The highest BCUT2D eigenvalue weighted by Gasteiger charge is 2.29. The first kappa shape index (κ1) is 30.8. The molecule has 1 aliphatic heterocycles. The lowest BCUT2D eigenvalue weighted by Gasteiger charge is -2.28. The summed E-state index contributed by atoms with van der Waals surface area (Å²) in [6.45, 7) is 12.2. The number of carbonyl (C=O) groups is 1. The van der Waals surface area contributed by atoms with Gasteiger partial charge in [-0.05, 0) is 68.0 Å². The standard InChI is InChI=1S/C33H43N3O4S/c1-22(2)13-15-34-21-26-11-12-28-29(14-16-40-31(28)19-26)35-32(37)20-30(27-9-7-6-8-10-27)36-41(38,39)33-24(4)17-23(3)18-25(33)5/h6-12,17-19,22,29-30,34,36H,13-16,20-21H2,1-5H3,(H,35,37). The van der Waals surface area contributed by atoms with Gasteiger partial charge in [0.05, 0.1) is 23.6 Å².